The topological polar surface area (TPSA) is 163 Å². The molecule has 0 saturated heterocycles. The van der Waals surface area contributed by atoms with Crippen molar-refractivity contribution >= 4 is 23.6 Å². The van der Waals surface area contributed by atoms with Gasteiger partial charge in [-0.25, -0.2) is 0 Å². The van der Waals surface area contributed by atoms with Crippen molar-refractivity contribution < 1.29 is 42.9 Å². The van der Waals surface area contributed by atoms with E-state index in [-0.39, 0.29) is 70.7 Å². The minimum atomic E-state index is -1.38. The maximum atomic E-state index is 13.4. The Morgan fingerprint density at radius 3 is 1.76 bits per heavy atom. The number of hydrogen-bond acceptors (Lipinski definition) is 9. The lowest BCUT2D eigenvalue weighted by Gasteiger charge is -2.35. The summed E-state index contributed by atoms with van der Waals surface area (Å²) in [5, 5.41) is 10.7. The van der Waals surface area contributed by atoms with Crippen molar-refractivity contribution in [3.05, 3.63) is 0 Å². The van der Waals surface area contributed by atoms with E-state index in [1.165, 1.54) is 0 Å². The van der Waals surface area contributed by atoms with Gasteiger partial charge >= 0.3 is 0 Å². The molecular weight excluding hydrogens is 584 g/mol. The molecule has 0 aliphatic rings. The predicted octanol–water partition coefficient (Wildman–Crippen LogP) is 0.697. The molecule has 4 amide bonds. The molecule has 45 heavy (non-hydrogen) atoms. The summed E-state index contributed by atoms with van der Waals surface area (Å²) >= 11 is 0. The third kappa shape index (κ3) is 22.0. The van der Waals surface area contributed by atoms with Crippen LogP contribution in [0.4, 0.5) is 0 Å². The minimum absolute atomic E-state index is 0.0253. The zero-order valence-electron chi connectivity index (χ0n) is 28.2. The molecule has 0 saturated carbocycles. The summed E-state index contributed by atoms with van der Waals surface area (Å²) in [5.74, 6) is 6.07. The third-order valence-electron chi connectivity index (χ3n) is 6.07. The SMILES string of the molecule is C#CCNC(=O)COCC(COCC(=O)NCC#CC)(COCC(=O)NCCC)NC(=O)CC(C)(C)OCCC(C)(C)OCC. The summed E-state index contributed by atoms with van der Waals surface area (Å²) in [4.78, 5) is 50.0. The first-order valence-electron chi connectivity index (χ1n) is 15.2. The second-order valence-electron chi connectivity index (χ2n) is 11.6. The standard InChI is InChI=1S/C32H54N4O9/c1-9-13-17-35-29(40)22-43-25-32(23-41-20-27(38)33-15-10-2,24-42-21-28(39)34-16-11-3)36-26(37)19-31(7,8)45-18-14-30(5,6)44-12-4/h2H,11-12,14-25H2,1,3-8H3,(H,33,38)(H,34,39)(H,35,40)(H,36,37). The van der Waals surface area contributed by atoms with Gasteiger partial charge in [0, 0.05) is 13.2 Å². The van der Waals surface area contributed by atoms with Gasteiger partial charge in [0.15, 0.2) is 0 Å². The van der Waals surface area contributed by atoms with E-state index in [0.29, 0.717) is 26.2 Å². The van der Waals surface area contributed by atoms with E-state index in [4.69, 9.17) is 30.1 Å². The van der Waals surface area contributed by atoms with Crippen molar-refractivity contribution in [2.24, 2.45) is 0 Å². The van der Waals surface area contributed by atoms with Crippen LogP contribution in [0, 0.1) is 24.2 Å². The summed E-state index contributed by atoms with van der Waals surface area (Å²) in [7, 11) is 0. The van der Waals surface area contributed by atoms with E-state index in [1.54, 1.807) is 20.8 Å². The van der Waals surface area contributed by atoms with E-state index in [9.17, 15) is 19.2 Å². The number of rotatable bonds is 25. The Morgan fingerprint density at radius 1 is 0.733 bits per heavy atom. The van der Waals surface area contributed by atoms with Crippen LogP contribution in [0.15, 0.2) is 0 Å². The predicted molar refractivity (Wildman–Crippen MR) is 170 cm³/mol. The van der Waals surface area contributed by atoms with E-state index in [1.807, 2.05) is 27.7 Å². The van der Waals surface area contributed by atoms with Gasteiger partial charge in [-0.2, -0.15) is 0 Å². The summed E-state index contributed by atoms with van der Waals surface area (Å²) in [6.45, 7) is 12.9. The summed E-state index contributed by atoms with van der Waals surface area (Å²) < 4.78 is 28.8. The van der Waals surface area contributed by atoms with E-state index < -0.39 is 28.9 Å². The molecule has 0 fully saturated rings. The number of terminal acetylenes is 1. The van der Waals surface area contributed by atoms with Gasteiger partial charge in [-0.15, -0.1) is 12.3 Å². The van der Waals surface area contributed by atoms with Crippen LogP contribution in [0.2, 0.25) is 0 Å². The van der Waals surface area contributed by atoms with Crippen LogP contribution in [-0.4, -0.2) is 113 Å². The average Bonchev–Trinajstić information content (AvgIpc) is 2.94. The molecule has 1 atom stereocenters. The van der Waals surface area contributed by atoms with E-state index >= 15 is 0 Å². The molecule has 0 heterocycles. The van der Waals surface area contributed by atoms with Crippen molar-refractivity contribution in [2.75, 3.05) is 72.5 Å². The molecule has 256 valence electrons. The van der Waals surface area contributed by atoms with Gasteiger partial charge in [0.05, 0.1) is 57.1 Å². The van der Waals surface area contributed by atoms with Crippen LogP contribution >= 0.6 is 0 Å². The molecule has 4 N–H and O–H groups in total. The van der Waals surface area contributed by atoms with Crippen molar-refractivity contribution in [1.29, 1.82) is 0 Å². The first-order valence-corrected chi connectivity index (χ1v) is 15.2. The van der Waals surface area contributed by atoms with E-state index in [0.717, 1.165) is 6.42 Å². The van der Waals surface area contributed by atoms with Crippen LogP contribution in [-0.2, 0) is 42.9 Å². The average molecular weight is 639 g/mol. The number of amides is 4. The number of carbonyl (C=O) groups excluding carboxylic acids is 4. The Hall–Kier alpha value is -3.20. The quantitative estimate of drug-likeness (QED) is 0.106. The number of hydrogen-bond donors (Lipinski definition) is 4. The molecular formula is C32H54N4O9. The van der Waals surface area contributed by atoms with Crippen molar-refractivity contribution in [3.8, 4) is 24.2 Å². The Balaban J connectivity index is 5.79. The summed E-state index contributed by atoms with van der Waals surface area (Å²) in [6, 6.07) is 0. The minimum Gasteiger partial charge on any atom is -0.376 e. The third-order valence-corrected chi connectivity index (χ3v) is 6.07. The molecule has 0 aliphatic carbocycles. The second-order valence-corrected chi connectivity index (χ2v) is 11.6. The van der Waals surface area contributed by atoms with Crippen molar-refractivity contribution in [2.45, 2.75) is 84.5 Å². The highest BCUT2D eigenvalue weighted by molar-refractivity contribution is 5.79. The van der Waals surface area contributed by atoms with Gasteiger partial charge in [0.2, 0.25) is 23.6 Å². The molecule has 1 unspecified atom stereocenters. The van der Waals surface area contributed by atoms with Gasteiger partial charge in [-0.1, -0.05) is 18.8 Å². The van der Waals surface area contributed by atoms with Crippen LogP contribution < -0.4 is 21.3 Å². The zero-order chi connectivity index (χ0) is 34.2. The summed E-state index contributed by atoms with van der Waals surface area (Å²) in [5.41, 5.74) is -2.61. The Morgan fingerprint density at radius 2 is 1.27 bits per heavy atom. The van der Waals surface area contributed by atoms with Gasteiger partial charge in [-0.05, 0) is 54.4 Å². The molecule has 0 aromatic rings. The zero-order valence-corrected chi connectivity index (χ0v) is 28.2. The normalized spacial score (nSPS) is 12.6. The first-order chi connectivity index (χ1) is 21.2. The Bertz CT molecular complexity index is 1010. The molecule has 13 nitrogen and oxygen atoms in total. The van der Waals surface area contributed by atoms with Crippen LogP contribution in [0.25, 0.3) is 0 Å². The molecule has 0 aromatic carbocycles. The largest absolute Gasteiger partial charge is 0.376 e. The van der Waals surface area contributed by atoms with Gasteiger partial charge in [0.1, 0.15) is 25.4 Å². The van der Waals surface area contributed by atoms with Gasteiger partial charge in [0.25, 0.3) is 0 Å². The van der Waals surface area contributed by atoms with Crippen LogP contribution in [0.3, 0.4) is 0 Å². The lowest BCUT2D eigenvalue weighted by Crippen LogP contribution is -2.60. The maximum Gasteiger partial charge on any atom is 0.246 e. The highest BCUT2D eigenvalue weighted by atomic mass is 16.5. The fraction of sp³-hybridized carbons (Fsp3) is 0.750. The summed E-state index contributed by atoms with van der Waals surface area (Å²) in [6.07, 6.45) is 6.53. The monoisotopic (exact) mass is 638 g/mol. The van der Waals surface area contributed by atoms with Crippen LogP contribution in [0.5, 0.6) is 0 Å². The molecule has 13 heteroatoms. The molecule has 0 bridgehead atoms. The van der Waals surface area contributed by atoms with Gasteiger partial charge in [-0.3, -0.25) is 19.2 Å². The number of nitrogens with one attached hydrogen (secondary N) is 4. The first kappa shape index (κ1) is 41.8. The fourth-order valence-electron chi connectivity index (χ4n) is 3.86. The fourth-order valence-corrected chi connectivity index (χ4v) is 3.86. The Labute approximate surface area is 268 Å². The van der Waals surface area contributed by atoms with Gasteiger partial charge < -0.3 is 45.0 Å². The number of ether oxygens (including phenoxy) is 5. The van der Waals surface area contributed by atoms with Crippen LogP contribution in [0.1, 0.15) is 67.7 Å². The molecule has 0 radical (unpaired) electrons. The van der Waals surface area contributed by atoms with E-state index in [2.05, 4.69) is 39.0 Å². The molecule has 0 spiro atoms. The molecule has 0 aliphatic heterocycles. The lowest BCUT2D eigenvalue weighted by molar-refractivity contribution is -0.137. The molecule has 0 rings (SSSR count). The highest BCUT2D eigenvalue weighted by Crippen LogP contribution is 2.20. The second kappa shape index (κ2) is 23.2. The highest BCUT2D eigenvalue weighted by Gasteiger charge is 2.36. The lowest BCUT2D eigenvalue weighted by atomic mass is 9.99. The maximum absolute atomic E-state index is 13.4. The van der Waals surface area contributed by atoms with Crippen molar-refractivity contribution in [1.82, 2.24) is 21.3 Å². The van der Waals surface area contributed by atoms with Crippen molar-refractivity contribution in [3.63, 3.8) is 0 Å². The smallest absolute Gasteiger partial charge is 0.246 e. The molecule has 0 aromatic heterocycles. The number of carbonyl (C=O) groups is 4. The Kier molecular flexibility index (Phi) is 21.5.